The van der Waals surface area contributed by atoms with Crippen LogP contribution in [0.1, 0.15) is 32.6 Å². The molecule has 1 aliphatic heterocycles. The Morgan fingerprint density at radius 2 is 1.65 bits per heavy atom. The lowest BCUT2D eigenvalue weighted by Crippen LogP contribution is -2.48. The van der Waals surface area contributed by atoms with Crippen molar-refractivity contribution in [1.82, 2.24) is 9.80 Å². The first-order valence-electron chi connectivity index (χ1n) is 12.3. The van der Waals surface area contributed by atoms with E-state index in [2.05, 4.69) is 11.0 Å². The summed E-state index contributed by atoms with van der Waals surface area (Å²) in [6.45, 7) is 6.00. The number of fused-ring (bicyclic) bond motifs is 1. The molecule has 0 aliphatic carbocycles. The maximum Gasteiger partial charge on any atom is 0.336 e. The minimum Gasteiger partial charge on any atom is -0.489 e. The van der Waals surface area contributed by atoms with E-state index in [4.69, 9.17) is 14.4 Å². The van der Waals surface area contributed by atoms with Gasteiger partial charge in [0.25, 0.3) is 5.91 Å². The molecule has 1 aromatic heterocycles. The Bertz CT molecular complexity index is 1510. The van der Waals surface area contributed by atoms with E-state index in [-0.39, 0.29) is 11.5 Å². The van der Waals surface area contributed by atoms with E-state index in [0.29, 0.717) is 42.2 Å². The maximum absolute atomic E-state index is 13.0. The van der Waals surface area contributed by atoms with Crippen molar-refractivity contribution in [3.05, 3.63) is 111 Å². The minimum atomic E-state index is -0.380. The van der Waals surface area contributed by atoms with E-state index in [9.17, 15) is 9.59 Å². The van der Waals surface area contributed by atoms with Gasteiger partial charge >= 0.3 is 5.63 Å². The van der Waals surface area contributed by atoms with Crippen LogP contribution in [0.15, 0.2) is 82.0 Å². The van der Waals surface area contributed by atoms with E-state index in [0.717, 1.165) is 36.1 Å². The molecule has 37 heavy (non-hydrogen) atoms. The first-order chi connectivity index (χ1) is 18.0. The molecule has 186 valence electrons. The highest BCUT2D eigenvalue weighted by atomic mass is 16.5. The lowest BCUT2D eigenvalue weighted by Gasteiger charge is -2.34. The van der Waals surface area contributed by atoms with Crippen molar-refractivity contribution in [2.75, 3.05) is 26.2 Å². The van der Waals surface area contributed by atoms with Gasteiger partial charge in [0.15, 0.2) is 0 Å². The summed E-state index contributed by atoms with van der Waals surface area (Å²) >= 11 is 0. The summed E-state index contributed by atoms with van der Waals surface area (Å²) in [5.41, 5.74) is 4.42. The highest BCUT2D eigenvalue weighted by molar-refractivity contribution is 5.94. The Labute approximate surface area is 215 Å². The normalized spacial score (nSPS) is 13.9. The average molecular weight is 494 g/mol. The maximum atomic E-state index is 13.0. The lowest BCUT2D eigenvalue weighted by atomic mass is 10.1. The van der Waals surface area contributed by atoms with Crippen molar-refractivity contribution < 1.29 is 13.9 Å². The molecule has 4 aromatic rings. The zero-order valence-electron chi connectivity index (χ0n) is 20.6. The van der Waals surface area contributed by atoms with Gasteiger partial charge in [-0.2, -0.15) is 5.26 Å². The third-order valence-corrected chi connectivity index (χ3v) is 6.68. The summed E-state index contributed by atoms with van der Waals surface area (Å²) in [5.74, 6) is 0.644. The Morgan fingerprint density at radius 3 is 2.35 bits per heavy atom. The third-order valence-electron chi connectivity index (χ3n) is 6.68. The smallest absolute Gasteiger partial charge is 0.336 e. The van der Waals surface area contributed by atoms with Crippen LogP contribution < -0.4 is 10.4 Å². The Kier molecular flexibility index (Phi) is 7.02. The molecule has 1 fully saturated rings. The summed E-state index contributed by atoms with van der Waals surface area (Å²) in [6.07, 6.45) is 0. The molecule has 3 aromatic carbocycles. The number of nitrogens with zero attached hydrogens (tertiary/aromatic N) is 3. The number of carbonyl (C=O) groups excluding carboxylic acids is 1. The van der Waals surface area contributed by atoms with Crippen molar-refractivity contribution in [2.45, 2.75) is 20.1 Å². The van der Waals surface area contributed by atoms with Crippen LogP contribution in [0.3, 0.4) is 0 Å². The monoisotopic (exact) mass is 493 g/mol. The summed E-state index contributed by atoms with van der Waals surface area (Å²) in [5, 5.41) is 9.82. The predicted octanol–water partition coefficient (Wildman–Crippen LogP) is 4.51. The zero-order valence-corrected chi connectivity index (χ0v) is 20.6. The van der Waals surface area contributed by atoms with Crippen LogP contribution in [-0.2, 0) is 13.2 Å². The van der Waals surface area contributed by atoms with Crippen LogP contribution in [-0.4, -0.2) is 41.9 Å². The number of rotatable bonds is 6. The van der Waals surface area contributed by atoms with E-state index in [1.165, 1.54) is 11.6 Å². The number of hydrogen-bond acceptors (Lipinski definition) is 6. The fourth-order valence-electron chi connectivity index (χ4n) is 4.54. The van der Waals surface area contributed by atoms with Crippen LogP contribution in [0.5, 0.6) is 5.75 Å². The fourth-order valence-corrected chi connectivity index (χ4v) is 4.54. The number of piperazine rings is 1. The third kappa shape index (κ3) is 5.71. The molecule has 0 bridgehead atoms. The van der Waals surface area contributed by atoms with E-state index in [1.807, 2.05) is 72.5 Å². The van der Waals surface area contributed by atoms with Crippen LogP contribution in [0.4, 0.5) is 0 Å². The van der Waals surface area contributed by atoms with Gasteiger partial charge in [-0.25, -0.2) is 4.79 Å². The molecule has 0 atom stereocenters. The summed E-state index contributed by atoms with van der Waals surface area (Å²) < 4.78 is 11.2. The van der Waals surface area contributed by atoms with Gasteiger partial charge in [-0.3, -0.25) is 9.69 Å². The van der Waals surface area contributed by atoms with Gasteiger partial charge in [-0.05, 0) is 60.0 Å². The topological polar surface area (TPSA) is 86.8 Å². The quantitative estimate of drug-likeness (QED) is 0.368. The van der Waals surface area contributed by atoms with Gasteiger partial charge in [-0.15, -0.1) is 0 Å². The van der Waals surface area contributed by atoms with E-state index < -0.39 is 0 Å². The van der Waals surface area contributed by atoms with Crippen molar-refractivity contribution >= 4 is 16.9 Å². The predicted molar refractivity (Wildman–Crippen MR) is 140 cm³/mol. The second-order valence-electron chi connectivity index (χ2n) is 9.27. The largest absolute Gasteiger partial charge is 0.489 e. The molecule has 1 saturated heterocycles. The molecule has 0 saturated carbocycles. The zero-order chi connectivity index (χ0) is 25.8. The van der Waals surface area contributed by atoms with E-state index in [1.54, 1.807) is 6.07 Å². The van der Waals surface area contributed by atoms with Crippen molar-refractivity contribution in [2.24, 2.45) is 0 Å². The summed E-state index contributed by atoms with van der Waals surface area (Å²) in [6, 6.07) is 24.2. The highest BCUT2D eigenvalue weighted by Gasteiger charge is 2.22. The van der Waals surface area contributed by atoms with Crippen molar-refractivity contribution in [3.8, 4) is 11.8 Å². The number of ether oxygens (including phenoxy) is 1. The van der Waals surface area contributed by atoms with Crippen LogP contribution in [0.25, 0.3) is 11.0 Å². The summed E-state index contributed by atoms with van der Waals surface area (Å²) in [4.78, 5) is 28.9. The molecular formula is C30H27N3O4. The van der Waals surface area contributed by atoms with Crippen LogP contribution in [0.2, 0.25) is 0 Å². The highest BCUT2D eigenvalue weighted by Crippen LogP contribution is 2.23. The lowest BCUT2D eigenvalue weighted by molar-refractivity contribution is 0.0628. The number of benzene rings is 3. The van der Waals surface area contributed by atoms with Gasteiger partial charge in [0.05, 0.1) is 11.6 Å². The molecule has 0 radical (unpaired) electrons. The van der Waals surface area contributed by atoms with Crippen molar-refractivity contribution in [3.63, 3.8) is 0 Å². The molecule has 5 rings (SSSR count). The van der Waals surface area contributed by atoms with Crippen LogP contribution >= 0.6 is 0 Å². The molecule has 7 nitrogen and oxygen atoms in total. The molecule has 0 N–H and O–H groups in total. The van der Waals surface area contributed by atoms with Gasteiger partial charge in [0.1, 0.15) is 17.9 Å². The van der Waals surface area contributed by atoms with Gasteiger partial charge < -0.3 is 14.1 Å². The molecule has 1 aliphatic rings. The van der Waals surface area contributed by atoms with E-state index >= 15 is 0 Å². The second-order valence-corrected chi connectivity index (χ2v) is 9.27. The Balaban J connectivity index is 1.14. The number of nitriles is 1. The minimum absolute atomic E-state index is 0.0328. The molecular weight excluding hydrogens is 466 g/mol. The van der Waals surface area contributed by atoms with Crippen molar-refractivity contribution in [1.29, 1.82) is 5.26 Å². The standard InChI is InChI=1S/C30H27N3O4/c1-21-16-29(34)37-28-17-26(10-11-27(21)28)36-20-24-6-8-25(9-7-24)30(35)33-14-12-32(13-15-33)19-23-4-2-22(18-31)3-5-23/h2-11,16-17H,12-15,19-20H2,1H3. The molecule has 7 heteroatoms. The number of carbonyl (C=O) groups is 1. The molecule has 1 amide bonds. The number of amides is 1. The first kappa shape index (κ1) is 24.3. The molecule has 0 unspecified atom stereocenters. The number of hydrogen-bond donors (Lipinski definition) is 0. The SMILES string of the molecule is Cc1cc(=O)oc2cc(OCc3ccc(C(=O)N4CCN(Cc5ccc(C#N)cc5)CC4)cc3)ccc12. The number of aryl methyl sites for hydroxylation is 1. The fraction of sp³-hybridized carbons (Fsp3) is 0.233. The molecule has 2 heterocycles. The Hall–Kier alpha value is -4.41. The second kappa shape index (κ2) is 10.7. The first-order valence-corrected chi connectivity index (χ1v) is 12.3. The van der Waals surface area contributed by atoms with Gasteiger partial charge in [-0.1, -0.05) is 24.3 Å². The Morgan fingerprint density at radius 1 is 0.946 bits per heavy atom. The summed E-state index contributed by atoms with van der Waals surface area (Å²) in [7, 11) is 0. The van der Waals surface area contributed by atoms with Crippen LogP contribution in [0, 0.1) is 18.3 Å². The van der Waals surface area contributed by atoms with Gasteiger partial charge in [0, 0.05) is 55.8 Å². The average Bonchev–Trinajstić information content (AvgIpc) is 2.92. The van der Waals surface area contributed by atoms with Gasteiger partial charge in [0.2, 0.25) is 0 Å². The molecule has 0 spiro atoms.